The molecule has 4 atom stereocenters. The quantitative estimate of drug-likeness (QED) is 0.333. The van der Waals surface area contributed by atoms with E-state index in [4.69, 9.17) is 0 Å². The number of hydrogen-bond acceptors (Lipinski definition) is 2. The highest BCUT2D eigenvalue weighted by Gasteiger charge is 2.39. The van der Waals surface area contributed by atoms with Gasteiger partial charge in [0.15, 0.2) is 0 Å². The molecule has 3 heterocycles. The molecule has 3 heteroatoms. The van der Waals surface area contributed by atoms with Crippen LogP contribution in [0.4, 0.5) is 0 Å². The van der Waals surface area contributed by atoms with E-state index in [1.165, 1.54) is 41.5 Å². The maximum absolute atomic E-state index is 13.5. The molecule has 3 aliphatic rings. The number of piperidine rings is 2. The number of likely N-dealkylation sites (tertiary alicyclic amines) is 1. The number of hydrogen-bond donors (Lipinski definition) is 0. The summed E-state index contributed by atoms with van der Waals surface area (Å²) in [7, 11) is 0. The van der Waals surface area contributed by atoms with Crippen LogP contribution in [0.5, 0.6) is 0 Å². The Morgan fingerprint density at radius 3 is 1.85 bits per heavy atom. The topological polar surface area (TPSA) is 23.6 Å². The minimum Gasteiger partial charge on any atom is -0.333 e. The second kappa shape index (κ2) is 11.5. The molecule has 0 aliphatic carbocycles. The van der Waals surface area contributed by atoms with Gasteiger partial charge in [0.25, 0.3) is 5.91 Å². The van der Waals surface area contributed by atoms with Crippen molar-refractivity contribution < 1.29 is 4.79 Å². The first kappa shape index (κ1) is 26.1. The summed E-state index contributed by atoms with van der Waals surface area (Å²) in [6, 6.07) is 32.2. The first-order valence-corrected chi connectivity index (χ1v) is 15.1. The SMILES string of the molecule is CC1CCCC(C)N1C(=O)c1ccc(C(=C2C[C@H]3CC[C@@H](C2)N3CCc2ccccc2)c2ccccc2)cc1. The minimum absolute atomic E-state index is 0.180. The van der Waals surface area contributed by atoms with Crippen LogP contribution in [0.25, 0.3) is 5.57 Å². The van der Waals surface area contributed by atoms with Gasteiger partial charge >= 0.3 is 0 Å². The van der Waals surface area contributed by atoms with Crippen molar-refractivity contribution in [3.05, 3.63) is 113 Å². The molecular weight excluding hydrogens is 476 g/mol. The van der Waals surface area contributed by atoms with Crippen molar-refractivity contribution in [1.29, 1.82) is 0 Å². The monoisotopic (exact) mass is 518 g/mol. The number of carbonyl (C=O) groups excluding carboxylic acids is 1. The van der Waals surface area contributed by atoms with E-state index < -0.39 is 0 Å². The van der Waals surface area contributed by atoms with E-state index in [-0.39, 0.29) is 5.91 Å². The summed E-state index contributed by atoms with van der Waals surface area (Å²) in [5, 5.41) is 0. The van der Waals surface area contributed by atoms with Crippen LogP contribution in [-0.4, -0.2) is 46.4 Å². The summed E-state index contributed by atoms with van der Waals surface area (Å²) >= 11 is 0. The average molecular weight is 519 g/mol. The summed E-state index contributed by atoms with van der Waals surface area (Å²) < 4.78 is 0. The molecule has 3 aliphatic heterocycles. The number of fused-ring (bicyclic) bond motifs is 2. The first-order chi connectivity index (χ1) is 19.1. The van der Waals surface area contributed by atoms with Crippen LogP contribution in [-0.2, 0) is 6.42 Å². The molecule has 3 nitrogen and oxygen atoms in total. The van der Waals surface area contributed by atoms with Crippen LogP contribution >= 0.6 is 0 Å². The molecule has 0 spiro atoms. The standard InChI is InChI=1S/C36H42N2O/c1-26-10-9-11-27(2)38(26)36(39)31-18-16-30(17-19-31)35(29-14-7-4-8-15-29)32-24-33-20-21-34(25-32)37(33)23-22-28-12-5-3-6-13-28/h3-8,12-19,26-27,33-34H,9-11,20-25H2,1-2H3/t26?,27?,33-,34+. The van der Waals surface area contributed by atoms with Gasteiger partial charge in [-0.25, -0.2) is 0 Å². The molecule has 2 bridgehead atoms. The third kappa shape index (κ3) is 5.47. The van der Waals surface area contributed by atoms with Gasteiger partial charge in [-0.2, -0.15) is 0 Å². The zero-order chi connectivity index (χ0) is 26.8. The molecule has 6 rings (SSSR count). The van der Waals surface area contributed by atoms with Gasteiger partial charge < -0.3 is 4.90 Å². The molecule has 0 aromatic heterocycles. The molecule has 0 radical (unpaired) electrons. The Hall–Kier alpha value is -3.17. The summed E-state index contributed by atoms with van der Waals surface area (Å²) in [6.07, 6.45) is 9.41. The van der Waals surface area contributed by atoms with Crippen molar-refractivity contribution in [1.82, 2.24) is 9.80 Å². The molecule has 2 unspecified atom stereocenters. The lowest BCUT2D eigenvalue weighted by molar-refractivity contribution is 0.0511. The van der Waals surface area contributed by atoms with E-state index in [1.807, 2.05) is 0 Å². The summed E-state index contributed by atoms with van der Waals surface area (Å²) in [5.41, 5.74) is 7.75. The predicted octanol–water partition coefficient (Wildman–Crippen LogP) is 7.76. The highest BCUT2D eigenvalue weighted by atomic mass is 16.2. The Kier molecular flexibility index (Phi) is 7.70. The van der Waals surface area contributed by atoms with Gasteiger partial charge in [-0.3, -0.25) is 9.69 Å². The van der Waals surface area contributed by atoms with Crippen LogP contribution in [0, 0.1) is 0 Å². The predicted molar refractivity (Wildman–Crippen MR) is 161 cm³/mol. The third-order valence-electron chi connectivity index (χ3n) is 9.50. The lowest BCUT2D eigenvalue weighted by Crippen LogP contribution is -2.47. The third-order valence-corrected chi connectivity index (χ3v) is 9.50. The van der Waals surface area contributed by atoms with Gasteiger partial charge in [0.2, 0.25) is 0 Å². The van der Waals surface area contributed by atoms with Gasteiger partial charge in [0.1, 0.15) is 0 Å². The van der Waals surface area contributed by atoms with Crippen LogP contribution in [0.3, 0.4) is 0 Å². The maximum atomic E-state index is 13.5. The van der Waals surface area contributed by atoms with Crippen LogP contribution in [0.1, 0.15) is 85.8 Å². The second-order valence-electron chi connectivity index (χ2n) is 12.0. The van der Waals surface area contributed by atoms with Gasteiger partial charge in [-0.1, -0.05) is 78.4 Å². The lowest BCUT2D eigenvalue weighted by Gasteiger charge is -2.39. The molecule has 0 N–H and O–H groups in total. The van der Waals surface area contributed by atoms with E-state index in [0.29, 0.717) is 24.2 Å². The number of benzene rings is 3. The van der Waals surface area contributed by atoms with E-state index >= 15 is 0 Å². The highest BCUT2D eigenvalue weighted by Crippen LogP contribution is 2.43. The number of nitrogens with zero attached hydrogens (tertiary/aromatic N) is 2. The first-order valence-electron chi connectivity index (χ1n) is 15.1. The second-order valence-corrected chi connectivity index (χ2v) is 12.0. The molecule has 1 amide bonds. The highest BCUT2D eigenvalue weighted by molar-refractivity contribution is 5.95. The fraction of sp³-hybridized carbons (Fsp3) is 0.417. The summed E-state index contributed by atoms with van der Waals surface area (Å²) in [4.78, 5) is 18.4. The fourth-order valence-corrected chi connectivity index (χ4v) is 7.51. The molecule has 3 fully saturated rings. The molecule has 3 aromatic rings. The lowest BCUT2D eigenvalue weighted by atomic mass is 9.85. The van der Waals surface area contributed by atoms with Crippen molar-refractivity contribution in [2.75, 3.05) is 6.54 Å². The molecule has 202 valence electrons. The molecule has 3 aromatic carbocycles. The van der Waals surface area contributed by atoms with Crippen molar-refractivity contribution in [2.45, 2.75) is 89.4 Å². The Labute approximate surface area is 234 Å². The van der Waals surface area contributed by atoms with Crippen molar-refractivity contribution in [3.63, 3.8) is 0 Å². The van der Waals surface area contributed by atoms with Crippen LogP contribution in [0.15, 0.2) is 90.5 Å². The van der Waals surface area contributed by atoms with Crippen LogP contribution in [0.2, 0.25) is 0 Å². The fourth-order valence-electron chi connectivity index (χ4n) is 7.51. The normalized spacial score (nSPS) is 26.5. The average Bonchev–Trinajstić information content (AvgIpc) is 3.20. The van der Waals surface area contributed by atoms with Crippen molar-refractivity contribution >= 4 is 11.5 Å². The van der Waals surface area contributed by atoms with Gasteiger partial charge in [-0.05, 0) is 99.6 Å². The van der Waals surface area contributed by atoms with E-state index in [2.05, 4.69) is 109 Å². The summed E-state index contributed by atoms with van der Waals surface area (Å²) in [6.45, 7) is 5.54. The molecule has 39 heavy (non-hydrogen) atoms. The molecule has 0 saturated carbocycles. The van der Waals surface area contributed by atoms with Gasteiger partial charge in [0.05, 0.1) is 0 Å². The Morgan fingerprint density at radius 2 is 1.23 bits per heavy atom. The number of rotatable bonds is 6. The number of amides is 1. The van der Waals surface area contributed by atoms with Gasteiger partial charge in [0, 0.05) is 36.3 Å². The summed E-state index contributed by atoms with van der Waals surface area (Å²) in [5.74, 6) is 0.180. The van der Waals surface area contributed by atoms with E-state index in [1.54, 1.807) is 5.57 Å². The zero-order valence-corrected chi connectivity index (χ0v) is 23.6. The molecule has 3 saturated heterocycles. The maximum Gasteiger partial charge on any atom is 0.254 e. The Balaban J connectivity index is 1.26. The minimum atomic E-state index is 0.180. The Morgan fingerprint density at radius 1 is 0.692 bits per heavy atom. The smallest absolute Gasteiger partial charge is 0.254 e. The van der Waals surface area contributed by atoms with Gasteiger partial charge in [-0.15, -0.1) is 0 Å². The number of carbonyl (C=O) groups is 1. The van der Waals surface area contributed by atoms with Crippen molar-refractivity contribution in [3.8, 4) is 0 Å². The Bertz CT molecular complexity index is 1270. The largest absolute Gasteiger partial charge is 0.333 e. The van der Waals surface area contributed by atoms with E-state index in [9.17, 15) is 4.79 Å². The zero-order valence-electron chi connectivity index (χ0n) is 23.6. The molecular formula is C36H42N2O. The van der Waals surface area contributed by atoms with Crippen LogP contribution < -0.4 is 0 Å². The van der Waals surface area contributed by atoms with E-state index in [0.717, 1.165) is 44.2 Å². The van der Waals surface area contributed by atoms with Crippen molar-refractivity contribution in [2.24, 2.45) is 0 Å².